The molecule has 96 valence electrons. The molecule has 0 aliphatic carbocycles. The minimum atomic E-state index is 0.117. The normalized spacial score (nSPS) is 13.6. The standard InChI is InChI=1S/C16H14O3/c17-14-9-10-18-16-13(14)7-4-8-15(16)19-11-12-5-2-1-3-6-12/h1-8H,9-11H2. The molecule has 0 saturated carbocycles. The lowest BCUT2D eigenvalue weighted by molar-refractivity contribution is 0.0929. The van der Waals surface area contributed by atoms with E-state index >= 15 is 0 Å². The summed E-state index contributed by atoms with van der Waals surface area (Å²) in [6.07, 6.45) is 0.440. The SMILES string of the molecule is O=C1CCOc2c(OCc3ccccc3)cccc21. The quantitative estimate of drug-likeness (QED) is 0.843. The molecule has 0 bridgehead atoms. The zero-order chi connectivity index (χ0) is 13.1. The van der Waals surface area contributed by atoms with Crippen LogP contribution in [0.4, 0.5) is 0 Å². The molecule has 0 saturated heterocycles. The van der Waals surface area contributed by atoms with Crippen LogP contribution in [0.1, 0.15) is 22.3 Å². The summed E-state index contributed by atoms with van der Waals surface area (Å²) in [4.78, 5) is 11.8. The summed E-state index contributed by atoms with van der Waals surface area (Å²) in [7, 11) is 0. The third-order valence-electron chi connectivity index (χ3n) is 3.09. The van der Waals surface area contributed by atoms with Crippen molar-refractivity contribution < 1.29 is 14.3 Å². The monoisotopic (exact) mass is 254 g/mol. The Morgan fingerprint density at radius 1 is 1.05 bits per heavy atom. The molecular formula is C16H14O3. The van der Waals surface area contributed by atoms with Crippen molar-refractivity contribution in [3.05, 3.63) is 59.7 Å². The van der Waals surface area contributed by atoms with Crippen LogP contribution in [0.2, 0.25) is 0 Å². The van der Waals surface area contributed by atoms with Gasteiger partial charge in [0.2, 0.25) is 0 Å². The second-order valence-corrected chi connectivity index (χ2v) is 4.43. The summed E-state index contributed by atoms with van der Waals surface area (Å²) in [5.74, 6) is 1.33. The number of ether oxygens (including phenoxy) is 2. The van der Waals surface area contributed by atoms with Crippen LogP contribution in [-0.2, 0) is 6.61 Å². The lowest BCUT2D eigenvalue weighted by atomic mass is 10.0. The lowest BCUT2D eigenvalue weighted by Gasteiger charge is -2.19. The minimum Gasteiger partial charge on any atom is -0.488 e. The fourth-order valence-corrected chi connectivity index (χ4v) is 2.11. The summed E-state index contributed by atoms with van der Waals surface area (Å²) < 4.78 is 11.3. The Balaban J connectivity index is 1.82. The van der Waals surface area contributed by atoms with E-state index in [1.807, 2.05) is 42.5 Å². The van der Waals surface area contributed by atoms with E-state index in [0.717, 1.165) is 5.56 Å². The van der Waals surface area contributed by atoms with Crippen molar-refractivity contribution in [1.29, 1.82) is 0 Å². The lowest BCUT2D eigenvalue weighted by Crippen LogP contribution is -2.16. The third kappa shape index (κ3) is 2.45. The number of Topliss-reactive ketones (excluding diaryl/α,β-unsaturated/α-hetero) is 1. The van der Waals surface area contributed by atoms with E-state index in [1.54, 1.807) is 6.07 Å². The highest BCUT2D eigenvalue weighted by Crippen LogP contribution is 2.35. The van der Waals surface area contributed by atoms with Crippen LogP contribution in [0.3, 0.4) is 0 Å². The number of fused-ring (bicyclic) bond motifs is 1. The average Bonchev–Trinajstić information content (AvgIpc) is 2.47. The van der Waals surface area contributed by atoms with Crippen LogP contribution >= 0.6 is 0 Å². The molecule has 0 amide bonds. The summed E-state index contributed by atoms with van der Waals surface area (Å²) in [5, 5.41) is 0. The van der Waals surface area contributed by atoms with Gasteiger partial charge in [-0.3, -0.25) is 4.79 Å². The van der Waals surface area contributed by atoms with Gasteiger partial charge >= 0.3 is 0 Å². The molecule has 1 heterocycles. The molecule has 0 unspecified atom stereocenters. The zero-order valence-corrected chi connectivity index (χ0v) is 10.5. The van der Waals surface area contributed by atoms with Gasteiger partial charge in [0.05, 0.1) is 12.2 Å². The van der Waals surface area contributed by atoms with Gasteiger partial charge in [0, 0.05) is 6.42 Å². The highest BCUT2D eigenvalue weighted by Gasteiger charge is 2.21. The molecule has 0 atom stereocenters. The van der Waals surface area contributed by atoms with Gasteiger partial charge in [-0.15, -0.1) is 0 Å². The van der Waals surface area contributed by atoms with E-state index in [1.165, 1.54) is 0 Å². The van der Waals surface area contributed by atoms with Crippen molar-refractivity contribution in [2.24, 2.45) is 0 Å². The molecule has 0 aromatic heterocycles. The first-order chi connectivity index (χ1) is 9.34. The van der Waals surface area contributed by atoms with Crippen molar-refractivity contribution in [3.63, 3.8) is 0 Å². The van der Waals surface area contributed by atoms with E-state index < -0.39 is 0 Å². The fraction of sp³-hybridized carbons (Fsp3) is 0.188. The topological polar surface area (TPSA) is 35.5 Å². The van der Waals surface area contributed by atoms with Crippen molar-refractivity contribution in [1.82, 2.24) is 0 Å². The fourth-order valence-electron chi connectivity index (χ4n) is 2.11. The van der Waals surface area contributed by atoms with E-state index in [0.29, 0.717) is 36.7 Å². The van der Waals surface area contributed by atoms with Gasteiger partial charge < -0.3 is 9.47 Å². The maximum absolute atomic E-state index is 11.8. The van der Waals surface area contributed by atoms with Crippen LogP contribution < -0.4 is 9.47 Å². The molecule has 0 N–H and O–H groups in total. The summed E-state index contributed by atoms with van der Waals surface area (Å²) in [6.45, 7) is 0.895. The Bertz CT molecular complexity index is 590. The summed E-state index contributed by atoms with van der Waals surface area (Å²) in [5.41, 5.74) is 1.71. The average molecular weight is 254 g/mol. The Kier molecular flexibility index (Phi) is 3.19. The molecule has 0 fully saturated rings. The number of ketones is 1. The predicted octanol–water partition coefficient (Wildman–Crippen LogP) is 3.23. The number of hydrogen-bond donors (Lipinski definition) is 0. The first-order valence-electron chi connectivity index (χ1n) is 6.30. The zero-order valence-electron chi connectivity index (χ0n) is 10.5. The maximum Gasteiger partial charge on any atom is 0.171 e. The molecule has 0 radical (unpaired) electrons. The Hall–Kier alpha value is -2.29. The number of rotatable bonds is 3. The highest BCUT2D eigenvalue weighted by molar-refractivity contribution is 6.00. The van der Waals surface area contributed by atoms with Gasteiger partial charge in [0.15, 0.2) is 17.3 Å². The number of hydrogen-bond acceptors (Lipinski definition) is 3. The molecule has 1 aliphatic rings. The Morgan fingerprint density at radius 3 is 2.74 bits per heavy atom. The molecule has 3 rings (SSSR count). The Labute approximate surface area is 111 Å². The number of benzene rings is 2. The maximum atomic E-state index is 11.8. The number of carbonyl (C=O) groups excluding carboxylic acids is 1. The molecule has 3 nitrogen and oxygen atoms in total. The first kappa shape index (κ1) is 11.8. The van der Waals surface area contributed by atoms with Crippen LogP contribution in [0.25, 0.3) is 0 Å². The van der Waals surface area contributed by atoms with E-state index in [2.05, 4.69) is 0 Å². The predicted molar refractivity (Wildman–Crippen MR) is 71.7 cm³/mol. The number of para-hydroxylation sites is 1. The molecule has 3 heteroatoms. The van der Waals surface area contributed by atoms with Gasteiger partial charge in [0.25, 0.3) is 0 Å². The minimum absolute atomic E-state index is 0.117. The molecule has 2 aromatic carbocycles. The molecule has 2 aromatic rings. The number of carbonyl (C=O) groups is 1. The van der Waals surface area contributed by atoms with Crippen LogP contribution in [0.5, 0.6) is 11.5 Å². The van der Waals surface area contributed by atoms with Crippen molar-refractivity contribution >= 4 is 5.78 Å². The Morgan fingerprint density at radius 2 is 1.89 bits per heavy atom. The van der Waals surface area contributed by atoms with Gasteiger partial charge in [-0.1, -0.05) is 36.4 Å². The largest absolute Gasteiger partial charge is 0.488 e. The summed E-state index contributed by atoms with van der Waals surface area (Å²) >= 11 is 0. The second kappa shape index (κ2) is 5.14. The van der Waals surface area contributed by atoms with Gasteiger partial charge in [-0.2, -0.15) is 0 Å². The van der Waals surface area contributed by atoms with Crippen molar-refractivity contribution in [2.45, 2.75) is 13.0 Å². The van der Waals surface area contributed by atoms with E-state index in [4.69, 9.17) is 9.47 Å². The van der Waals surface area contributed by atoms with Crippen molar-refractivity contribution in [2.75, 3.05) is 6.61 Å². The molecule has 0 spiro atoms. The smallest absolute Gasteiger partial charge is 0.171 e. The van der Waals surface area contributed by atoms with E-state index in [-0.39, 0.29) is 5.78 Å². The van der Waals surface area contributed by atoms with Crippen LogP contribution in [0.15, 0.2) is 48.5 Å². The third-order valence-corrected chi connectivity index (χ3v) is 3.09. The van der Waals surface area contributed by atoms with Gasteiger partial charge in [-0.25, -0.2) is 0 Å². The van der Waals surface area contributed by atoms with Crippen molar-refractivity contribution in [3.8, 4) is 11.5 Å². The highest BCUT2D eigenvalue weighted by atomic mass is 16.5. The van der Waals surface area contributed by atoms with Gasteiger partial charge in [0.1, 0.15) is 6.61 Å². The molecule has 19 heavy (non-hydrogen) atoms. The summed E-state index contributed by atoms with van der Waals surface area (Å²) in [6, 6.07) is 15.4. The van der Waals surface area contributed by atoms with Crippen LogP contribution in [-0.4, -0.2) is 12.4 Å². The molecule has 1 aliphatic heterocycles. The van der Waals surface area contributed by atoms with Gasteiger partial charge in [-0.05, 0) is 17.7 Å². The first-order valence-corrected chi connectivity index (χ1v) is 6.30. The van der Waals surface area contributed by atoms with Crippen LogP contribution in [0, 0.1) is 0 Å². The van der Waals surface area contributed by atoms with E-state index in [9.17, 15) is 4.79 Å². The second-order valence-electron chi connectivity index (χ2n) is 4.43. The molecular weight excluding hydrogens is 240 g/mol.